The number of nitrogens with zero attached hydrogens (tertiary/aromatic N) is 1. The number of carbonyl (C=O) groups excluding carboxylic acids is 1. The third kappa shape index (κ3) is 3.43. The Labute approximate surface area is 140 Å². The highest BCUT2D eigenvalue weighted by Crippen LogP contribution is 2.40. The number of ether oxygens (including phenoxy) is 1. The van der Waals surface area contributed by atoms with E-state index in [1.54, 1.807) is 0 Å². The fraction of sp³-hybridized carbons (Fsp3) is 0.667. The fourth-order valence-corrected chi connectivity index (χ4v) is 3.43. The first-order valence-electron chi connectivity index (χ1n) is 7.77. The Hall–Kier alpha value is -1.55. The molecule has 1 aliphatic heterocycles. The number of aromatic nitrogens is 2. The number of aliphatic hydroxyl groups is 1. The van der Waals surface area contributed by atoms with E-state index in [9.17, 15) is 19.5 Å². The largest absolute Gasteiger partial charge is 0.403 e. The zero-order chi connectivity index (χ0) is 18.3. The van der Waals surface area contributed by atoms with Gasteiger partial charge in [-0.05, 0) is 18.1 Å². The van der Waals surface area contributed by atoms with Crippen molar-refractivity contribution in [2.45, 2.75) is 57.3 Å². The molecule has 0 aliphatic carbocycles. The minimum atomic E-state index is -2.33. The van der Waals surface area contributed by atoms with E-state index < -0.39 is 50.4 Å². The van der Waals surface area contributed by atoms with Crippen molar-refractivity contribution in [2.24, 2.45) is 0 Å². The summed E-state index contributed by atoms with van der Waals surface area (Å²) in [6, 6.07) is 1.17. The Kier molecular flexibility index (Phi) is 5.00. The molecule has 134 valence electrons. The molecule has 0 unspecified atom stereocenters. The molecule has 2 N–H and O–H groups in total. The number of carbonyl (C=O) groups is 1. The first-order valence-corrected chi connectivity index (χ1v) is 10.7. The number of hydrogen-bond acceptors (Lipinski definition) is 6. The molecule has 2 heterocycles. The monoisotopic (exact) mass is 356 g/mol. The lowest BCUT2D eigenvalue weighted by atomic mass is 10.2. The van der Waals surface area contributed by atoms with Crippen LogP contribution in [0.3, 0.4) is 0 Å². The van der Waals surface area contributed by atoms with Crippen LogP contribution in [0.1, 0.15) is 27.0 Å². The lowest BCUT2D eigenvalue weighted by molar-refractivity contribution is -0.127. The number of aliphatic hydroxyl groups excluding tert-OH is 1. The molecule has 1 aliphatic rings. The zero-order valence-corrected chi connectivity index (χ0v) is 15.5. The molecule has 0 bridgehead atoms. The van der Waals surface area contributed by atoms with Gasteiger partial charge in [0.2, 0.25) is 0 Å². The molecule has 1 aromatic heterocycles. The van der Waals surface area contributed by atoms with Crippen LogP contribution in [0.4, 0.5) is 0 Å². The van der Waals surface area contributed by atoms with Crippen LogP contribution in [0.15, 0.2) is 21.9 Å². The van der Waals surface area contributed by atoms with Crippen LogP contribution >= 0.6 is 0 Å². The zero-order valence-electron chi connectivity index (χ0n) is 14.5. The van der Waals surface area contributed by atoms with Crippen LogP contribution < -0.4 is 11.2 Å². The lowest BCUT2D eigenvalue weighted by Crippen LogP contribution is -2.48. The number of Topliss-reactive ketones (excluding diaryl/α,β-unsaturated/α-hetero) is 1. The molecule has 9 heteroatoms. The highest BCUT2D eigenvalue weighted by atomic mass is 28.4. The van der Waals surface area contributed by atoms with Gasteiger partial charge in [0.05, 0.1) is 6.61 Å². The van der Waals surface area contributed by atoms with Crippen LogP contribution in [-0.2, 0) is 14.0 Å². The summed E-state index contributed by atoms with van der Waals surface area (Å²) in [7, 11) is -2.33. The normalized spacial score (nSPS) is 25.2. The minimum absolute atomic E-state index is 0.148. The molecule has 0 spiro atoms. The van der Waals surface area contributed by atoms with Gasteiger partial charge in [0.15, 0.2) is 26.4 Å². The summed E-state index contributed by atoms with van der Waals surface area (Å²) in [6.45, 7) is 9.57. The molecule has 0 aromatic carbocycles. The highest BCUT2D eigenvalue weighted by Gasteiger charge is 2.50. The summed E-state index contributed by atoms with van der Waals surface area (Å²) in [6.07, 6.45) is -1.82. The van der Waals surface area contributed by atoms with Gasteiger partial charge >= 0.3 is 5.69 Å². The Morgan fingerprint density at radius 3 is 2.46 bits per heavy atom. The topological polar surface area (TPSA) is 111 Å². The van der Waals surface area contributed by atoms with Crippen molar-refractivity contribution in [3.63, 3.8) is 0 Å². The molecular formula is C15H24N2O6Si. The molecule has 2 rings (SSSR count). The van der Waals surface area contributed by atoms with Gasteiger partial charge in [0.1, 0.15) is 6.10 Å². The van der Waals surface area contributed by atoms with Crippen molar-refractivity contribution in [1.82, 2.24) is 9.55 Å². The summed E-state index contributed by atoms with van der Waals surface area (Å²) in [5.41, 5.74) is -1.23. The van der Waals surface area contributed by atoms with Crippen LogP contribution in [0.2, 0.25) is 18.1 Å². The van der Waals surface area contributed by atoms with Crippen LogP contribution in [-0.4, -0.2) is 47.6 Å². The van der Waals surface area contributed by atoms with Gasteiger partial charge in [-0.2, -0.15) is 0 Å². The second-order valence-corrected chi connectivity index (χ2v) is 12.2. The van der Waals surface area contributed by atoms with Gasteiger partial charge < -0.3 is 14.3 Å². The number of ketones is 1. The molecule has 3 atom stereocenters. The molecular weight excluding hydrogens is 332 g/mol. The van der Waals surface area contributed by atoms with E-state index in [0.29, 0.717) is 0 Å². The van der Waals surface area contributed by atoms with Crippen molar-refractivity contribution in [1.29, 1.82) is 0 Å². The van der Waals surface area contributed by atoms with Crippen molar-refractivity contribution in [3.8, 4) is 0 Å². The predicted molar refractivity (Wildman–Crippen MR) is 89.4 cm³/mol. The van der Waals surface area contributed by atoms with Crippen LogP contribution in [0.25, 0.3) is 0 Å². The van der Waals surface area contributed by atoms with Crippen molar-refractivity contribution >= 4 is 14.1 Å². The van der Waals surface area contributed by atoms with E-state index in [2.05, 4.69) is 4.98 Å². The second-order valence-electron chi connectivity index (χ2n) is 7.42. The first-order chi connectivity index (χ1) is 11.0. The van der Waals surface area contributed by atoms with Gasteiger partial charge in [-0.1, -0.05) is 20.8 Å². The second kappa shape index (κ2) is 6.39. The van der Waals surface area contributed by atoms with Gasteiger partial charge in [0.25, 0.3) is 5.56 Å². The van der Waals surface area contributed by atoms with Crippen molar-refractivity contribution in [2.75, 3.05) is 6.61 Å². The van der Waals surface area contributed by atoms with E-state index in [1.165, 1.54) is 12.3 Å². The van der Waals surface area contributed by atoms with Crippen LogP contribution in [0, 0.1) is 0 Å². The summed E-state index contributed by atoms with van der Waals surface area (Å²) in [5, 5.41) is 9.21. The molecule has 24 heavy (non-hydrogen) atoms. The number of H-pyrrole nitrogens is 1. The predicted octanol–water partition coefficient (Wildman–Crippen LogP) is 0.386. The average molecular weight is 356 g/mol. The smallest absolute Gasteiger partial charge is 0.330 e. The van der Waals surface area contributed by atoms with E-state index in [-0.39, 0.29) is 5.04 Å². The highest BCUT2D eigenvalue weighted by molar-refractivity contribution is 6.74. The van der Waals surface area contributed by atoms with Gasteiger partial charge in [-0.15, -0.1) is 0 Å². The van der Waals surface area contributed by atoms with E-state index in [0.717, 1.165) is 4.57 Å². The molecule has 8 nitrogen and oxygen atoms in total. The number of hydrogen-bond donors (Lipinski definition) is 2. The maximum atomic E-state index is 12.5. The quantitative estimate of drug-likeness (QED) is 0.755. The average Bonchev–Trinajstić information content (AvgIpc) is 2.74. The first kappa shape index (κ1) is 18.8. The third-order valence-corrected chi connectivity index (χ3v) is 9.13. The minimum Gasteiger partial charge on any atom is -0.403 e. The Morgan fingerprint density at radius 1 is 1.33 bits per heavy atom. The molecule has 1 fully saturated rings. The van der Waals surface area contributed by atoms with E-state index >= 15 is 0 Å². The van der Waals surface area contributed by atoms with Gasteiger partial charge in [-0.25, -0.2) is 4.79 Å². The third-order valence-electron chi connectivity index (χ3n) is 4.68. The maximum Gasteiger partial charge on any atom is 0.330 e. The molecule has 0 saturated carbocycles. The van der Waals surface area contributed by atoms with E-state index in [1.807, 2.05) is 33.9 Å². The molecule has 1 aromatic rings. The Bertz CT molecular complexity index is 732. The summed E-state index contributed by atoms with van der Waals surface area (Å²) < 4.78 is 12.8. The standard InChI is InChI=1S/C15H24N2O6Si/c1-15(2,3)24(4,5)23-12-11(20)9(8-18)22-13(12)17-7-6-10(19)16-14(17)21/h6-7,9,12-13,18H,8H2,1-5H3,(H,16,19,21)/t9-,12-,13-/m1/s1. The van der Waals surface area contributed by atoms with Gasteiger partial charge in [0, 0.05) is 12.3 Å². The number of aromatic amines is 1. The van der Waals surface area contributed by atoms with Crippen molar-refractivity contribution in [3.05, 3.63) is 33.1 Å². The van der Waals surface area contributed by atoms with Crippen molar-refractivity contribution < 1.29 is 19.1 Å². The number of rotatable bonds is 4. The molecule has 0 radical (unpaired) electrons. The number of nitrogens with one attached hydrogen (secondary N) is 1. The lowest BCUT2D eigenvalue weighted by Gasteiger charge is -2.38. The van der Waals surface area contributed by atoms with Crippen LogP contribution in [0.5, 0.6) is 0 Å². The fourth-order valence-electron chi connectivity index (χ4n) is 2.21. The molecule has 0 amide bonds. The Balaban J connectivity index is 2.43. The summed E-state index contributed by atoms with van der Waals surface area (Å²) in [5.74, 6) is -0.398. The van der Waals surface area contributed by atoms with Gasteiger partial charge in [-0.3, -0.25) is 19.1 Å². The maximum absolute atomic E-state index is 12.5. The summed E-state index contributed by atoms with van der Waals surface area (Å²) in [4.78, 5) is 37.9. The SMILES string of the molecule is CC(C)(C)[Si](C)(C)O[C@@H]1C(=O)[C@@H](CO)O[C@H]1n1ccc(=O)[nH]c1=O. The summed E-state index contributed by atoms with van der Waals surface area (Å²) >= 11 is 0. The Morgan fingerprint density at radius 2 is 1.96 bits per heavy atom. The van der Waals surface area contributed by atoms with E-state index in [4.69, 9.17) is 9.16 Å². The molecule has 1 saturated heterocycles.